The van der Waals surface area contributed by atoms with E-state index in [1.807, 2.05) is 6.92 Å². The lowest BCUT2D eigenvalue weighted by molar-refractivity contribution is 0.153. The van der Waals surface area contributed by atoms with Crippen molar-refractivity contribution in [2.45, 2.75) is 6.92 Å². The third-order valence-corrected chi connectivity index (χ3v) is 2.35. The molecule has 0 aromatic carbocycles. The highest BCUT2D eigenvalue weighted by atomic mass is 127. The van der Waals surface area contributed by atoms with E-state index in [-0.39, 0.29) is 0 Å². The second kappa shape index (κ2) is 9.14. The van der Waals surface area contributed by atoms with E-state index in [0.29, 0.717) is 0 Å². The molecule has 0 aromatic heterocycles. The van der Waals surface area contributed by atoms with Gasteiger partial charge < -0.3 is 9.96 Å². The van der Waals surface area contributed by atoms with Crippen LogP contribution in [-0.4, -0.2) is 26.9 Å². The molecular formula is C4H12BINOP. The predicted octanol–water partition coefficient (Wildman–Crippen LogP) is 0.907. The maximum atomic E-state index is 5.12. The van der Waals surface area contributed by atoms with Gasteiger partial charge in [-0.25, -0.2) is 0 Å². The van der Waals surface area contributed by atoms with Gasteiger partial charge in [0.2, 0.25) is 7.13 Å². The molecule has 0 rings (SSSR count). The zero-order chi connectivity index (χ0) is 6.95. The largest absolute Gasteiger partial charge is 0.380 e. The fourth-order valence-electron chi connectivity index (χ4n) is 0.424. The summed E-state index contributed by atoms with van der Waals surface area (Å²) in [5.41, 5.74) is 0. The number of hydrogen-bond donors (Lipinski definition) is 1. The van der Waals surface area contributed by atoms with E-state index in [2.05, 4.69) is 27.3 Å². The van der Waals surface area contributed by atoms with E-state index in [4.69, 9.17) is 4.74 Å². The first-order chi connectivity index (χ1) is 4.41. The van der Waals surface area contributed by atoms with Crippen molar-refractivity contribution in [3.63, 3.8) is 0 Å². The molecular weight excluding hydrogens is 247 g/mol. The molecule has 0 aliphatic heterocycles. The molecule has 0 saturated carbocycles. The Labute approximate surface area is 72.0 Å². The molecule has 54 valence electrons. The van der Waals surface area contributed by atoms with Crippen molar-refractivity contribution in [1.29, 1.82) is 0 Å². The molecule has 2 nitrogen and oxygen atoms in total. The van der Waals surface area contributed by atoms with E-state index in [0.717, 1.165) is 33.0 Å². The van der Waals surface area contributed by atoms with Crippen LogP contribution in [0.5, 0.6) is 0 Å². The van der Waals surface area contributed by atoms with Crippen molar-refractivity contribution >= 4 is 35.3 Å². The van der Waals surface area contributed by atoms with Crippen molar-refractivity contribution in [2.24, 2.45) is 0 Å². The Bertz CT molecular complexity index is 53.8. The number of hydrogen-bond acceptors (Lipinski definition) is 2. The average Bonchev–Trinajstić information content (AvgIpc) is 1.89. The summed E-state index contributed by atoms with van der Waals surface area (Å²) in [6.07, 6.45) is 0.973. The third-order valence-electron chi connectivity index (χ3n) is 0.819. The van der Waals surface area contributed by atoms with Gasteiger partial charge in [-0.2, -0.15) is 0 Å². The number of nitrogens with one attached hydrogen (secondary N) is 1. The zero-order valence-electron chi connectivity index (χ0n) is 5.61. The van der Waals surface area contributed by atoms with Crippen LogP contribution in [-0.2, 0) is 4.74 Å². The summed E-state index contributed by atoms with van der Waals surface area (Å²) in [5, 5.41) is 3.25. The summed E-state index contributed by atoms with van der Waals surface area (Å²) in [5.74, 6) is 0. The SMILES string of the molecule is CCOCCNBPI. The smallest absolute Gasteiger partial charge is 0.239 e. The summed E-state index contributed by atoms with van der Waals surface area (Å²) in [4.78, 5) is 0. The Kier molecular flexibility index (Phi) is 10.3. The van der Waals surface area contributed by atoms with Crippen LogP contribution in [0.25, 0.3) is 0 Å². The lowest BCUT2D eigenvalue weighted by Gasteiger charge is -1.99. The van der Waals surface area contributed by atoms with Crippen LogP contribution in [0.3, 0.4) is 0 Å². The standard InChI is InChI=1S/C4H12BINOP/c1-2-8-4-3-7-5-9-6/h5,7,9H,2-4H2,1H3. The van der Waals surface area contributed by atoms with Crippen LogP contribution >= 0.6 is 28.1 Å². The minimum atomic E-state index is 0.828. The van der Waals surface area contributed by atoms with Crippen molar-refractivity contribution in [2.75, 3.05) is 19.8 Å². The first-order valence-corrected chi connectivity index (χ1v) is 7.36. The molecule has 0 amide bonds. The molecule has 0 aliphatic carbocycles. The average molecular weight is 259 g/mol. The molecule has 9 heavy (non-hydrogen) atoms. The van der Waals surface area contributed by atoms with Crippen LogP contribution in [0.1, 0.15) is 6.92 Å². The van der Waals surface area contributed by atoms with Gasteiger partial charge in [-0.3, -0.25) is 0 Å². The molecule has 0 heterocycles. The van der Waals surface area contributed by atoms with Gasteiger partial charge in [0.05, 0.1) is 6.61 Å². The normalized spacial score (nSPS) is 10.9. The van der Waals surface area contributed by atoms with Crippen molar-refractivity contribution in [1.82, 2.24) is 5.23 Å². The minimum Gasteiger partial charge on any atom is -0.380 e. The summed E-state index contributed by atoms with van der Waals surface area (Å²) in [7, 11) is 1.12. The summed E-state index contributed by atoms with van der Waals surface area (Å²) >= 11 is 2.37. The first-order valence-electron chi connectivity index (χ1n) is 3.03. The molecule has 0 saturated heterocycles. The van der Waals surface area contributed by atoms with Crippen molar-refractivity contribution < 1.29 is 4.74 Å². The van der Waals surface area contributed by atoms with Gasteiger partial charge in [0.25, 0.3) is 0 Å². The van der Waals surface area contributed by atoms with E-state index in [1.54, 1.807) is 0 Å². The predicted molar refractivity (Wildman–Crippen MR) is 54.0 cm³/mol. The second-order valence-corrected chi connectivity index (χ2v) is 4.42. The molecule has 1 N–H and O–H groups in total. The molecule has 0 aliphatic rings. The minimum absolute atomic E-state index is 0.828. The van der Waals surface area contributed by atoms with Crippen LogP contribution in [0.4, 0.5) is 0 Å². The van der Waals surface area contributed by atoms with Crippen LogP contribution < -0.4 is 5.23 Å². The van der Waals surface area contributed by atoms with E-state index in [9.17, 15) is 0 Å². The van der Waals surface area contributed by atoms with Crippen molar-refractivity contribution in [3.8, 4) is 0 Å². The quantitative estimate of drug-likeness (QED) is 0.331. The summed E-state index contributed by atoms with van der Waals surface area (Å²) in [6, 6.07) is 0. The molecule has 1 atom stereocenters. The molecule has 5 heteroatoms. The lowest BCUT2D eigenvalue weighted by atomic mass is 10.4. The highest BCUT2D eigenvalue weighted by molar-refractivity contribution is 14.2. The Morgan fingerprint density at radius 1 is 1.78 bits per heavy atom. The highest BCUT2D eigenvalue weighted by Crippen LogP contribution is 2.14. The Hall–Kier alpha value is 1.14. The van der Waals surface area contributed by atoms with Gasteiger partial charge in [0.1, 0.15) is 0 Å². The zero-order valence-corrected chi connectivity index (χ0v) is 8.77. The van der Waals surface area contributed by atoms with Gasteiger partial charge in [-0.1, -0.05) is 28.1 Å². The van der Waals surface area contributed by atoms with Gasteiger partial charge in [-0.05, 0) is 6.92 Å². The Morgan fingerprint density at radius 2 is 2.56 bits per heavy atom. The number of halogens is 1. The lowest BCUT2D eigenvalue weighted by Crippen LogP contribution is -2.20. The molecule has 0 spiro atoms. The fraction of sp³-hybridized carbons (Fsp3) is 1.00. The number of rotatable bonds is 6. The van der Waals surface area contributed by atoms with Crippen LogP contribution in [0.15, 0.2) is 0 Å². The summed E-state index contributed by atoms with van der Waals surface area (Å²) < 4.78 is 5.12. The molecule has 0 aromatic rings. The highest BCUT2D eigenvalue weighted by Gasteiger charge is 1.85. The topological polar surface area (TPSA) is 21.3 Å². The molecule has 0 fully saturated rings. The third kappa shape index (κ3) is 9.14. The second-order valence-electron chi connectivity index (χ2n) is 1.51. The first kappa shape index (κ1) is 10.1. The fourth-order valence-corrected chi connectivity index (χ4v) is 1.50. The monoisotopic (exact) mass is 259 g/mol. The maximum absolute atomic E-state index is 5.12. The number of ether oxygens (including phenoxy) is 1. The van der Waals surface area contributed by atoms with E-state index >= 15 is 0 Å². The summed E-state index contributed by atoms with van der Waals surface area (Å²) in [6.45, 7) is 4.68. The maximum Gasteiger partial charge on any atom is 0.239 e. The van der Waals surface area contributed by atoms with Gasteiger partial charge in [-0.15, -0.1) is 0 Å². The molecule has 1 unspecified atom stereocenters. The molecule has 0 bridgehead atoms. The van der Waals surface area contributed by atoms with Crippen LogP contribution in [0.2, 0.25) is 0 Å². The van der Waals surface area contributed by atoms with E-state index < -0.39 is 0 Å². The van der Waals surface area contributed by atoms with E-state index in [1.165, 1.54) is 0 Å². The Balaban J connectivity index is 2.60. The van der Waals surface area contributed by atoms with Gasteiger partial charge >= 0.3 is 0 Å². The van der Waals surface area contributed by atoms with Crippen molar-refractivity contribution in [3.05, 3.63) is 0 Å². The van der Waals surface area contributed by atoms with Gasteiger partial charge in [0, 0.05) is 13.2 Å². The Morgan fingerprint density at radius 3 is 3.11 bits per heavy atom. The molecule has 0 radical (unpaired) electrons. The van der Waals surface area contributed by atoms with Crippen LogP contribution in [0, 0.1) is 0 Å². The van der Waals surface area contributed by atoms with Gasteiger partial charge in [0.15, 0.2) is 0 Å².